The molecule has 24 heteroatoms. The van der Waals surface area contributed by atoms with Gasteiger partial charge in [0.15, 0.2) is 0 Å². The van der Waals surface area contributed by atoms with Gasteiger partial charge in [-0.2, -0.15) is 50.5 Å². The lowest BCUT2D eigenvalue weighted by atomic mass is 9.84. The first-order valence-electron chi connectivity index (χ1n) is 39.3. The van der Waals surface area contributed by atoms with E-state index in [2.05, 4.69) is 80.3 Å². The molecule has 0 spiro atoms. The molecule has 0 fully saturated rings. The highest BCUT2D eigenvalue weighted by molar-refractivity contribution is 7.87. The van der Waals surface area contributed by atoms with E-state index in [0.29, 0.717) is 56.3 Å². The summed E-state index contributed by atoms with van der Waals surface area (Å²) in [7, 11) is -20.3. The van der Waals surface area contributed by atoms with E-state index in [9.17, 15) is 50.5 Å². The maximum Gasteiger partial charge on any atom is 0.296 e. The fourth-order valence-electron chi connectivity index (χ4n) is 10.9. The zero-order chi connectivity index (χ0) is 77.7. The van der Waals surface area contributed by atoms with Gasteiger partial charge >= 0.3 is 0 Å². The van der Waals surface area contributed by atoms with Crippen LogP contribution in [-0.4, -0.2) is 120 Å². The third kappa shape index (κ3) is 85.8. The molecule has 1 aromatic carbocycles. The van der Waals surface area contributed by atoms with Crippen molar-refractivity contribution in [3.05, 3.63) is 29.8 Å². The van der Waals surface area contributed by atoms with Gasteiger partial charge in [0, 0.05) is 0 Å². The third-order valence-electron chi connectivity index (χ3n) is 16.8. The van der Waals surface area contributed by atoms with Crippen molar-refractivity contribution in [1.82, 2.24) is 0 Å². The van der Waals surface area contributed by atoms with Crippen LogP contribution in [0.5, 0.6) is 0 Å². The summed E-state index contributed by atoms with van der Waals surface area (Å²) in [6.07, 6.45) is 46.5. The van der Waals surface area contributed by atoms with Gasteiger partial charge < -0.3 is 0 Å². The molecule has 0 heterocycles. The third-order valence-corrected chi connectivity index (χ3v) is 22.4. The predicted molar refractivity (Wildman–Crippen MR) is 424 cm³/mol. The van der Waals surface area contributed by atoms with Crippen molar-refractivity contribution in [3.63, 3.8) is 0 Å². The average molecular weight is 1560 g/mol. The van der Waals surface area contributed by atoms with Gasteiger partial charge in [-0.3, -0.25) is 25.1 Å². The van der Waals surface area contributed by atoms with Gasteiger partial charge in [-0.25, -0.2) is 0 Å². The van der Waals surface area contributed by atoms with Crippen molar-refractivity contribution in [1.29, 1.82) is 0 Å². The van der Waals surface area contributed by atoms with Crippen LogP contribution in [0.4, 0.5) is 0 Å². The van der Waals surface area contributed by atoms with Crippen LogP contribution >= 0.6 is 0 Å². The lowest BCUT2D eigenvalue weighted by Crippen LogP contribution is -2.20. The standard InChI is InChI=1S/C23H48O6S2.C17H36O3S.C14H30O3S.C13H20O3S.C10H22O3S/c1-5-7-9-11-13-15-17-30(24,25)28-20-22(3)19-23(4)21-29-31(26,27)18-16-14-12-10-8-6-2;1-3-4-5-6-7-8-9-10-11-12-13-14-15-16-17-20-21(2,18)19;1-12(2)7-6-8-13(3)9-10-14(4)11-17-18(5,15)16;1-3-4-5-6-11-16-17(14,15)13-9-7-12(2)8-10-13;1-9(8-10(2,3)4)6-7-13-14(5,11)12/h22-23H,5-21H2,1-4H3;3-17H2,1-2H3;12-14H,6-11H2,1-5H3;7-10H,3-6,11H2,1-2H3;9H,6-8H2,1-5H3. The van der Waals surface area contributed by atoms with Gasteiger partial charge in [-0.15, -0.1) is 0 Å². The zero-order valence-electron chi connectivity index (χ0n) is 67.6. The normalized spacial score (nSPS) is 13.9. The zero-order valence-corrected chi connectivity index (χ0v) is 72.5. The Balaban J connectivity index is -0.000000599. The molecule has 0 N–H and O–H groups in total. The minimum atomic E-state index is -3.56. The summed E-state index contributed by atoms with van der Waals surface area (Å²) in [5.41, 5.74) is 1.33. The molecule has 0 aromatic heterocycles. The summed E-state index contributed by atoms with van der Waals surface area (Å²) in [5, 5.41) is 0. The SMILES string of the molecule is CC(C)CCCC(C)CCC(C)COS(C)(=O)=O.CC(CCOS(C)(=O)=O)CC(C)(C)C.CCCCCCCCCCCCCCCCOS(C)(=O)=O.CCCCCCCCS(=O)(=O)OCC(C)CC(C)COS(=O)(=O)CCCCCCCC.CCCCCCOS(=O)(=O)c1ccc(C)cc1. The van der Waals surface area contributed by atoms with Crippen LogP contribution in [0.25, 0.3) is 0 Å². The Morgan fingerprint density at radius 3 is 1.02 bits per heavy atom. The van der Waals surface area contributed by atoms with Gasteiger partial charge in [0.05, 0.1) is 74.8 Å². The van der Waals surface area contributed by atoms with Crippen LogP contribution in [0.3, 0.4) is 0 Å². The second kappa shape index (κ2) is 64.7. The van der Waals surface area contributed by atoms with Crippen LogP contribution in [0.15, 0.2) is 29.2 Å². The van der Waals surface area contributed by atoms with E-state index in [1.807, 2.05) is 27.7 Å². The summed E-state index contributed by atoms with van der Waals surface area (Å²) >= 11 is 0. The number of aryl methyl sites for hydroxylation is 1. The van der Waals surface area contributed by atoms with Gasteiger partial charge in [0.2, 0.25) is 0 Å². The largest absolute Gasteiger partial charge is 0.296 e. The Hall–Kier alpha value is -1.32. The number of hydrogen-bond donors (Lipinski definition) is 0. The van der Waals surface area contributed by atoms with Crippen LogP contribution in [0.1, 0.15) is 346 Å². The molecule has 5 unspecified atom stereocenters. The van der Waals surface area contributed by atoms with Crippen molar-refractivity contribution in [2.45, 2.75) is 353 Å². The molecule has 0 amide bonds. The Morgan fingerprint density at radius 2 is 0.653 bits per heavy atom. The van der Waals surface area contributed by atoms with Crippen LogP contribution in [0.2, 0.25) is 0 Å². The molecule has 5 atom stereocenters. The molecule has 101 heavy (non-hydrogen) atoms. The number of unbranched alkanes of at least 4 members (excludes halogenated alkanes) is 26. The van der Waals surface area contributed by atoms with Crippen molar-refractivity contribution in [2.75, 3.05) is 69.9 Å². The molecule has 0 saturated heterocycles. The predicted octanol–water partition coefficient (Wildman–Crippen LogP) is 21.1. The first kappa shape index (κ1) is 106. The van der Waals surface area contributed by atoms with Crippen LogP contribution in [0, 0.1) is 47.8 Å². The molecule has 0 aliphatic carbocycles. The Kier molecular flexibility index (Phi) is 67.9. The second-order valence-corrected chi connectivity index (χ2v) is 40.7. The van der Waals surface area contributed by atoms with Crippen LogP contribution < -0.4 is 0 Å². The topological polar surface area (TPSA) is 260 Å². The van der Waals surface area contributed by atoms with E-state index < -0.39 is 60.7 Å². The van der Waals surface area contributed by atoms with Gasteiger partial charge in [-0.1, -0.05) is 307 Å². The van der Waals surface area contributed by atoms with Gasteiger partial charge in [0.25, 0.3) is 60.7 Å². The molecule has 1 rings (SSSR count). The minimum Gasteiger partial charge on any atom is -0.270 e. The summed E-state index contributed by atoms with van der Waals surface area (Å²) in [6, 6.07) is 6.70. The fourth-order valence-corrected chi connectivity index (χ4v) is 15.4. The minimum absolute atomic E-state index is 0.0131. The van der Waals surface area contributed by atoms with E-state index >= 15 is 0 Å². The van der Waals surface area contributed by atoms with Crippen molar-refractivity contribution >= 4 is 60.7 Å². The highest BCUT2D eigenvalue weighted by atomic mass is 32.2. The molecule has 608 valence electrons. The molecule has 0 aliphatic heterocycles. The summed E-state index contributed by atoms with van der Waals surface area (Å²) in [4.78, 5) is 0.235. The fraction of sp³-hybridized carbons (Fsp3) is 0.922. The number of hydrogen-bond acceptors (Lipinski definition) is 18. The summed E-state index contributed by atoms with van der Waals surface area (Å²) in [6.45, 7) is 33.5. The number of benzene rings is 1. The quantitative estimate of drug-likeness (QED) is 0.0433. The second-order valence-electron chi connectivity index (χ2n) is 30.6. The van der Waals surface area contributed by atoms with E-state index in [-0.39, 0.29) is 48.1 Å². The molecule has 0 saturated carbocycles. The van der Waals surface area contributed by atoms with E-state index in [1.165, 1.54) is 122 Å². The Morgan fingerprint density at radius 1 is 0.327 bits per heavy atom. The summed E-state index contributed by atoms with van der Waals surface area (Å²) < 4.78 is 166. The highest BCUT2D eigenvalue weighted by Gasteiger charge is 2.20. The first-order chi connectivity index (χ1) is 47.0. The molecular weight excluding hydrogens is 1410 g/mol. The van der Waals surface area contributed by atoms with E-state index in [1.54, 1.807) is 24.3 Å². The average Bonchev–Trinajstić information content (AvgIpc) is 0.849. The van der Waals surface area contributed by atoms with Crippen molar-refractivity contribution < 1.29 is 75.6 Å². The summed E-state index contributed by atoms with van der Waals surface area (Å²) in [5.74, 6) is 2.49. The molecule has 1 aromatic rings. The maximum atomic E-state index is 12.0. The molecule has 0 aliphatic rings. The Bertz CT molecular complexity index is 2680. The molecule has 0 bridgehead atoms. The van der Waals surface area contributed by atoms with Gasteiger partial charge in [-0.05, 0) is 111 Å². The highest BCUT2D eigenvalue weighted by Crippen LogP contribution is 2.26. The number of rotatable bonds is 60. The lowest BCUT2D eigenvalue weighted by Gasteiger charge is -2.22. The molecule has 18 nitrogen and oxygen atoms in total. The molecule has 0 radical (unpaired) electrons. The van der Waals surface area contributed by atoms with Gasteiger partial charge in [0.1, 0.15) is 0 Å². The van der Waals surface area contributed by atoms with E-state index in [0.717, 1.165) is 139 Å². The first-order valence-corrected chi connectivity index (χ1v) is 49.3. The molecular formula is C77H156O18S6. The van der Waals surface area contributed by atoms with Crippen molar-refractivity contribution in [3.8, 4) is 0 Å². The van der Waals surface area contributed by atoms with Crippen LogP contribution in [-0.2, 0) is 85.8 Å². The monoisotopic (exact) mass is 1560 g/mol. The smallest absolute Gasteiger partial charge is 0.270 e. The van der Waals surface area contributed by atoms with Crippen molar-refractivity contribution in [2.24, 2.45) is 40.9 Å². The van der Waals surface area contributed by atoms with E-state index in [4.69, 9.17) is 20.9 Å². The lowest BCUT2D eigenvalue weighted by molar-refractivity contribution is 0.203. The maximum absolute atomic E-state index is 12.0. The Labute approximate surface area is 625 Å².